The number of benzene rings is 2. The zero-order chi connectivity index (χ0) is 19.2. The molecule has 0 amide bonds. The van der Waals surface area contributed by atoms with Crippen LogP contribution in [0.2, 0.25) is 0 Å². The lowest BCUT2D eigenvalue weighted by molar-refractivity contribution is 0.355. The highest BCUT2D eigenvalue weighted by molar-refractivity contribution is 7.11. The van der Waals surface area contributed by atoms with Crippen molar-refractivity contribution in [3.8, 4) is 34.6 Å². The second-order valence-corrected chi connectivity index (χ2v) is 6.41. The van der Waals surface area contributed by atoms with Gasteiger partial charge in [-0.1, -0.05) is 6.07 Å². The van der Waals surface area contributed by atoms with Crippen LogP contribution in [0.5, 0.6) is 17.2 Å². The minimum absolute atomic E-state index is 0.493. The van der Waals surface area contributed by atoms with Gasteiger partial charge >= 0.3 is 0 Å². The number of nitrogens with zero attached hydrogens (tertiary/aromatic N) is 2. The maximum atomic E-state index is 9.59. The van der Waals surface area contributed by atoms with Gasteiger partial charge < -0.3 is 14.2 Å². The molecule has 0 N–H and O–H groups in total. The van der Waals surface area contributed by atoms with Crippen LogP contribution in [0.4, 0.5) is 0 Å². The van der Waals surface area contributed by atoms with Crippen molar-refractivity contribution in [2.75, 3.05) is 21.3 Å². The fraction of sp³-hybridized carbons (Fsp3) is 0.143. The van der Waals surface area contributed by atoms with Gasteiger partial charge in [0.1, 0.15) is 16.8 Å². The maximum absolute atomic E-state index is 9.59. The normalized spacial score (nSPS) is 11.0. The molecule has 0 radical (unpaired) electrons. The summed E-state index contributed by atoms with van der Waals surface area (Å²) >= 11 is 1.43. The van der Waals surface area contributed by atoms with Crippen molar-refractivity contribution < 1.29 is 14.2 Å². The minimum atomic E-state index is 0.493. The summed E-state index contributed by atoms with van der Waals surface area (Å²) in [6.45, 7) is 0. The van der Waals surface area contributed by atoms with E-state index in [1.165, 1.54) is 11.3 Å². The molecule has 0 saturated carbocycles. The molecule has 0 saturated heterocycles. The predicted octanol–water partition coefficient (Wildman–Crippen LogP) is 4.90. The van der Waals surface area contributed by atoms with Crippen LogP contribution >= 0.6 is 11.3 Å². The molecular weight excluding hydrogens is 360 g/mol. The van der Waals surface area contributed by atoms with Crippen LogP contribution in [0, 0.1) is 11.3 Å². The number of methoxy groups -OCH3 is 3. The average Bonchev–Trinajstić information content (AvgIpc) is 3.21. The van der Waals surface area contributed by atoms with E-state index in [-0.39, 0.29) is 0 Å². The topological polar surface area (TPSA) is 64.4 Å². The van der Waals surface area contributed by atoms with Crippen molar-refractivity contribution in [1.29, 1.82) is 5.26 Å². The smallest absolute Gasteiger partial charge is 0.161 e. The van der Waals surface area contributed by atoms with Crippen LogP contribution in [-0.2, 0) is 0 Å². The van der Waals surface area contributed by atoms with Gasteiger partial charge in [-0.3, -0.25) is 0 Å². The Balaban J connectivity index is 1.91. The van der Waals surface area contributed by atoms with Gasteiger partial charge in [0.25, 0.3) is 0 Å². The Morgan fingerprint density at radius 3 is 2.37 bits per heavy atom. The molecule has 3 rings (SSSR count). The third-order valence-electron chi connectivity index (χ3n) is 3.96. The van der Waals surface area contributed by atoms with Crippen LogP contribution in [0.25, 0.3) is 22.9 Å². The van der Waals surface area contributed by atoms with Gasteiger partial charge in [-0.25, -0.2) is 4.98 Å². The predicted molar refractivity (Wildman–Crippen MR) is 107 cm³/mol. The van der Waals surface area contributed by atoms with E-state index in [0.29, 0.717) is 22.1 Å². The Morgan fingerprint density at radius 2 is 1.74 bits per heavy atom. The highest BCUT2D eigenvalue weighted by Gasteiger charge is 2.10. The van der Waals surface area contributed by atoms with Crippen molar-refractivity contribution in [1.82, 2.24) is 4.98 Å². The summed E-state index contributed by atoms with van der Waals surface area (Å²) in [5.74, 6) is 2.05. The molecule has 0 fully saturated rings. The number of rotatable bonds is 6. The summed E-state index contributed by atoms with van der Waals surface area (Å²) in [5.41, 5.74) is 3.13. The molecule has 6 heteroatoms. The van der Waals surface area contributed by atoms with E-state index in [2.05, 4.69) is 11.1 Å². The molecule has 0 unspecified atom stereocenters. The van der Waals surface area contributed by atoms with E-state index in [1.807, 2.05) is 47.8 Å². The quantitative estimate of drug-likeness (QED) is 0.571. The molecule has 2 aromatic carbocycles. The van der Waals surface area contributed by atoms with Gasteiger partial charge in [-0.2, -0.15) is 5.26 Å². The Hall–Kier alpha value is -3.30. The zero-order valence-corrected chi connectivity index (χ0v) is 16.0. The van der Waals surface area contributed by atoms with E-state index in [1.54, 1.807) is 27.4 Å². The number of nitriles is 1. The lowest BCUT2D eigenvalue weighted by Gasteiger charge is -2.07. The third-order valence-corrected chi connectivity index (χ3v) is 4.83. The molecule has 0 aliphatic heterocycles. The van der Waals surface area contributed by atoms with Crippen molar-refractivity contribution in [2.45, 2.75) is 0 Å². The van der Waals surface area contributed by atoms with E-state index in [4.69, 9.17) is 14.2 Å². The molecule has 0 atom stereocenters. The first-order chi connectivity index (χ1) is 13.2. The molecule has 1 aromatic heterocycles. The Labute approximate surface area is 162 Å². The monoisotopic (exact) mass is 378 g/mol. The lowest BCUT2D eigenvalue weighted by Crippen LogP contribution is -1.91. The molecule has 1 heterocycles. The summed E-state index contributed by atoms with van der Waals surface area (Å²) in [4.78, 5) is 4.61. The van der Waals surface area contributed by atoms with Crippen LogP contribution in [0.1, 0.15) is 10.6 Å². The average molecular weight is 378 g/mol. The fourth-order valence-corrected chi connectivity index (χ4v) is 3.34. The van der Waals surface area contributed by atoms with Crippen LogP contribution in [0.15, 0.2) is 47.8 Å². The highest BCUT2D eigenvalue weighted by atomic mass is 32.1. The summed E-state index contributed by atoms with van der Waals surface area (Å²) in [6.07, 6.45) is 1.79. The van der Waals surface area contributed by atoms with E-state index >= 15 is 0 Å². The maximum Gasteiger partial charge on any atom is 0.161 e. The van der Waals surface area contributed by atoms with E-state index in [0.717, 1.165) is 22.6 Å². The van der Waals surface area contributed by atoms with Crippen molar-refractivity contribution >= 4 is 23.0 Å². The molecule has 0 spiro atoms. The number of aromatic nitrogens is 1. The Kier molecular flexibility index (Phi) is 5.74. The van der Waals surface area contributed by atoms with Crippen molar-refractivity contribution in [3.05, 3.63) is 58.4 Å². The first-order valence-corrected chi connectivity index (χ1v) is 9.00. The number of allylic oxidation sites excluding steroid dienone is 1. The molecule has 0 bridgehead atoms. The SMILES string of the molecule is COc1ccc(-c2csc(C(C#N)=Cc3ccc(OC)c(OC)c3)n2)cc1. The van der Waals surface area contributed by atoms with Crippen molar-refractivity contribution in [3.63, 3.8) is 0 Å². The summed E-state index contributed by atoms with van der Waals surface area (Å²) in [6, 6.07) is 15.4. The van der Waals surface area contributed by atoms with Gasteiger partial charge in [0, 0.05) is 10.9 Å². The van der Waals surface area contributed by atoms with Gasteiger partial charge in [0.2, 0.25) is 0 Å². The number of thiazole rings is 1. The Morgan fingerprint density at radius 1 is 1.00 bits per heavy atom. The second kappa shape index (κ2) is 8.39. The molecule has 0 aliphatic carbocycles. The molecule has 136 valence electrons. The minimum Gasteiger partial charge on any atom is -0.497 e. The zero-order valence-electron chi connectivity index (χ0n) is 15.2. The lowest BCUT2D eigenvalue weighted by atomic mass is 10.1. The second-order valence-electron chi connectivity index (χ2n) is 5.55. The molecule has 0 aliphatic rings. The van der Waals surface area contributed by atoms with Crippen molar-refractivity contribution in [2.24, 2.45) is 0 Å². The van der Waals surface area contributed by atoms with Gasteiger partial charge in [0.15, 0.2) is 11.5 Å². The number of hydrogen-bond donors (Lipinski definition) is 0. The van der Waals surface area contributed by atoms with Gasteiger partial charge in [-0.05, 0) is 48.0 Å². The highest BCUT2D eigenvalue weighted by Crippen LogP contribution is 2.31. The number of hydrogen-bond acceptors (Lipinski definition) is 6. The van der Waals surface area contributed by atoms with Gasteiger partial charge in [0.05, 0.1) is 32.6 Å². The van der Waals surface area contributed by atoms with Crippen LogP contribution in [0.3, 0.4) is 0 Å². The first kappa shape index (κ1) is 18.5. The fourth-order valence-electron chi connectivity index (χ4n) is 2.54. The molecule has 3 aromatic rings. The van der Waals surface area contributed by atoms with Crippen LogP contribution in [-0.4, -0.2) is 26.3 Å². The Bertz CT molecular complexity index is 1000. The van der Waals surface area contributed by atoms with E-state index < -0.39 is 0 Å². The molecule has 5 nitrogen and oxygen atoms in total. The summed E-state index contributed by atoms with van der Waals surface area (Å²) in [5, 5.41) is 12.2. The first-order valence-electron chi connectivity index (χ1n) is 8.12. The van der Waals surface area contributed by atoms with Gasteiger partial charge in [-0.15, -0.1) is 11.3 Å². The summed E-state index contributed by atoms with van der Waals surface area (Å²) < 4.78 is 15.7. The third kappa shape index (κ3) is 4.10. The van der Waals surface area contributed by atoms with Crippen LogP contribution < -0.4 is 14.2 Å². The summed E-state index contributed by atoms with van der Waals surface area (Å²) in [7, 11) is 4.80. The largest absolute Gasteiger partial charge is 0.497 e. The standard InChI is InChI=1S/C21H18N2O3S/c1-24-17-7-5-15(6-8-17)18-13-27-21(23-18)16(12-22)10-14-4-9-19(25-2)20(11-14)26-3/h4-11,13H,1-3H3. The number of ether oxygens (including phenoxy) is 3. The van der Waals surface area contributed by atoms with E-state index in [9.17, 15) is 5.26 Å². The molecular formula is C21H18N2O3S. The molecule has 27 heavy (non-hydrogen) atoms.